The van der Waals surface area contributed by atoms with E-state index in [9.17, 15) is 4.79 Å². The van der Waals surface area contributed by atoms with Crippen molar-refractivity contribution in [1.29, 1.82) is 0 Å². The lowest BCUT2D eigenvalue weighted by molar-refractivity contribution is -0.111. The first-order valence-corrected chi connectivity index (χ1v) is 9.72. The molecule has 6 nitrogen and oxygen atoms in total. The number of rotatable bonds is 7. The van der Waals surface area contributed by atoms with E-state index in [2.05, 4.69) is 41.6 Å². The minimum absolute atomic E-state index is 0.217. The third kappa shape index (κ3) is 4.89. The Labute approximate surface area is 177 Å². The molecule has 0 saturated carbocycles. The third-order valence-corrected chi connectivity index (χ3v) is 4.92. The number of hydrogen-bond donors (Lipinski definition) is 1. The summed E-state index contributed by atoms with van der Waals surface area (Å²) in [6.45, 7) is 6.58. The predicted molar refractivity (Wildman–Crippen MR) is 119 cm³/mol. The van der Waals surface area contributed by atoms with E-state index in [0.29, 0.717) is 18.0 Å². The van der Waals surface area contributed by atoms with Gasteiger partial charge in [-0.1, -0.05) is 35.9 Å². The molecule has 3 aromatic rings. The average Bonchev–Trinajstić information content (AvgIpc) is 3.00. The van der Waals surface area contributed by atoms with Crippen LogP contribution in [0.4, 0.5) is 5.69 Å². The summed E-state index contributed by atoms with van der Waals surface area (Å²) < 4.78 is 12.4. The normalized spacial score (nSPS) is 11.0. The molecule has 0 atom stereocenters. The summed E-state index contributed by atoms with van der Waals surface area (Å²) in [5.41, 5.74) is 5.67. The Morgan fingerprint density at radius 1 is 1.03 bits per heavy atom. The first-order valence-electron chi connectivity index (χ1n) is 9.72. The highest BCUT2D eigenvalue weighted by Crippen LogP contribution is 2.28. The van der Waals surface area contributed by atoms with E-state index in [0.717, 1.165) is 28.2 Å². The van der Waals surface area contributed by atoms with Crippen molar-refractivity contribution in [2.45, 2.75) is 27.3 Å². The number of anilines is 1. The third-order valence-electron chi connectivity index (χ3n) is 4.92. The molecule has 6 heteroatoms. The minimum atomic E-state index is -0.217. The zero-order valence-electron chi connectivity index (χ0n) is 18.0. The van der Waals surface area contributed by atoms with Gasteiger partial charge in [0.05, 0.1) is 37.8 Å². The van der Waals surface area contributed by atoms with Crippen molar-refractivity contribution in [3.05, 3.63) is 76.6 Å². The van der Waals surface area contributed by atoms with Crippen LogP contribution in [0.25, 0.3) is 6.08 Å². The Morgan fingerprint density at radius 3 is 2.40 bits per heavy atom. The SMILES string of the molecule is COc1ccc(/C=C/C(=O)Nc2c(C)nn(Cc3ccc(C)cc3)c2C)cc1OC. The summed E-state index contributed by atoms with van der Waals surface area (Å²) in [5, 5.41) is 7.54. The molecule has 3 rings (SSSR count). The van der Waals surface area contributed by atoms with Gasteiger partial charge >= 0.3 is 0 Å². The van der Waals surface area contributed by atoms with E-state index in [4.69, 9.17) is 9.47 Å². The molecular weight excluding hydrogens is 378 g/mol. The van der Waals surface area contributed by atoms with Crippen LogP contribution in [-0.2, 0) is 11.3 Å². The first kappa shape index (κ1) is 21.2. The lowest BCUT2D eigenvalue weighted by Crippen LogP contribution is -2.10. The minimum Gasteiger partial charge on any atom is -0.493 e. The highest BCUT2D eigenvalue weighted by molar-refractivity contribution is 6.02. The lowest BCUT2D eigenvalue weighted by atomic mass is 10.1. The van der Waals surface area contributed by atoms with Crippen LogP contribution in [-0.4, -0.2) is 29.9 Å². The second-order valence-corrected chi connectivity index (χ2v) is 7.13. The maximum absolute atomic E-state index is 12.5. The summed E-state index contributed by atoms with van der Waals surface area (Å²) >= 11 is 0. The quantitative estimate of drug-likeness (QED) is 0.587. The van der Waals surface area contributed by atoms with Crippen LogP contribution in [0.3, 0.4) is 0 Å². The Hall–Kier alpha value is -3.54. The molecule has 0 saturated heterocycles. The van der Waals surface area contributed by atoms with E-state index in [1.165, 1.54) is 11.6 Å². The summed E-state index contributed by atoms with van der Waals surface area (Å²) in [4.78, 5) is 12.5. The number of methoxy groups -OCH3 is 2. The molecule has 0 aliphatic carbocycles. The number of amides is 1. The van der Waals surface area contributed by atoms with E-state index >= 15 is 0 Å². The summed E-state index contributed by atoms with van der Waals surface area (Å²) in [5.74, 6) is 1.04. The number of hydrogen-bond acceptors (Lipinski definition) is 4. The van der Waals surface area contributed by atoms with Crippen LogP contribution in [0.5, 0.6) is 11.5 Å². The molecule has 0 bridgehead atoms. The molecule has 0 fully saturated rings. The molecule has 2 aromatic carbocycles. The number of aryl methyl sites for hydroxylation is 2. The van der Waals surface area contributed by atoms with Gasteiger partial charge in [-0.15, -0.1) is 0 Å². The summed E-state index contributed by atoms with van der Waals surface area (Å²) in [6.07, 6.45) is 3.23. The van der Waals surface area contributed by atoms with Gasteiger partial charge < -0.3 is 14.8 Å². The first-order chi connectivity index (χ1) is 14.4. The maximum atomic E-state index is 12.5. The van der Waals surface area contributed by atoms with Gasteiger partial charge in [-0.05, 0) is 50.1 Å². The molecule has 1 heterocycles. The molecular formula is C24H27N3O3. The summed E-state index contributed by atoms with van der Waals surface area (Å²) in [6, 6.07) is 13.8. The molecule has 0 aliphatic rings. The monoisotopic (exact) mass is 405 g/mol. The van der Waals surface area contributed by atoms with Gasteiger partial charge in [0.15, 0.2) is 11.5 Å². The number of carbonyl (C=O) groups is 1. The van der Waals surface area contributed by atoms with Crippen molar-refractivity contribution < 1.29 is 14.3 Å². The lowest BCUT2D eigenvalue weighted by Gasteiger charge is -2.08. The average molecular weight is 405 g/mol. The van der Waals surface area contributed by atoms with Crippen LogP contribution < -0.4 is 14.8 Å². The second kappa shape index (κ2) is 9.31. The number of nitrogens with zero attached hydrogens (tertiary/aromatic N) is 2. The standard InChI is InChI=1S/C24H27N3O3/c1-16-6-8-20(9-7-16)15-27-18(3)24(17(2)26-27)25-23(28)13-11-19-10-12-21(29-4)22(14-19)30-5/h6-14H,15H2,1-5H3,(H,25,28)/b13-11+. The Bertz CT molecular complexity index is 1070. The number of benzene rings is 2. The van der Waals surface area contributed by atoms with Crippen LogP contribution in [0.1, 0.15) is 28.1 Å². The number of ether oxygens (including phenoxy) is 2. The molecule has 0 radical (unpaired) electrons. The fourth-order valence-electron chi connectivity index (χ4n) is 3.19. The van der Waals surface area contributed by atoms with Crippen LogP contribution in [0.15, 0.2) is 48.5 Å². The van der Waals surface area contributed by atoms with E-state index in [1.807, 2.05) is 30.7 Å². The molecule has 1 aromatic heterocycles. The fourth-order valence-corrected chi connectivity index (χ4v) is 3.19. The Morgan fingerprint density at radius 2 is 1.73 bits per heavy atom. The number of nitrogens with one attached hydrogen (secondary N) is 1. The highest BCUT2D eigenvalue weighted by Gasteiger charge is 2.13. The van der Waals surface area contributed by atoms with Gasteiger partial charge in [-0.3, -0.25) is 9.48 Å². The van der Waals surface area contributed by atoms with Crippen molar-refractivity contribution in [2.24, 2.45) is 0 Å². The van der Waals surface area contributed by atoms with Gasteiger partial charge in [0, 0.05) is 6.08 Å². The van der Waals surface area contributed by atoms with Gasteiger partial charge in [0.1, 0.15) is 0 Å². The van der Waals surface area contributed by atoms with Gasteiger partial charge in [0.25, 0.3) is 0 Å². The van der Waals surface area contributed by atoms with Crippen molar-refractivity contribution in [3.63, 3.8) is 0 Å². The van der Waals surface area contributed by atoms with Crippen LogP contribution in [0.2, 0.25) is 0 Å². The largest absolute Gasteiger partial charge is 0.493 e. The van der Waals surface area contributed by atoms with E-state index in [-0.39, 0.29) is 5.91 Å². The Kier molecular flexibility index (Phi) is 6.57. The van der Waals surface area contributed by atoms with E-state index < -0.39 is 0 Å². The topological polar surface area (TPSA) is 65.4 Å². The second-order valence-electron chi connectivity index (χ2n) is 7.13. The molecule has 1 N–H and O–H groups in total. The zero-order chi connectivity index (χ0) is 21.7. The Balaban J connectivity index is 1.71. The van der Waals surface area contributed by atoms with Crippen molar-refractivity contribution in [3.8, 4) is 11.5 Å². The fraction of sp³-hybridized carbons (Fsp3) is 0.250. The van der Waals surface area contributed by atoms with Crippen molar-refractivity contribution in [2.75, 3.05) is 19.5 Å². The van der Waals surface area contributed by atoms with Gasteiger partial charge in [-0.25, -0.2) is 0 Å². The maximum Gasteiger partial charge on any atom is 0.248 e. The van der Waals surface area contributed by atoms with Crippen LogP contribution >= 0.6 is 0 Å². The number of carbonyl (C=O) groups excluding carboxylic acids is 1. The van der Waals surface area contributed by atoms with Crippen molar-refractivity contribution >= 4 is 17.7 Å². The molecule has 0 unspecified atom stereocenters. The summed E-state index contributed by atoms with van der Waals surface area (Å²) in [7, 11) is 3.17. The van der Waals surface area contributed by atoms with Gasteiger partial charge in [-0.2, -0.15) is 5.10 Å². The predicted octanol–water partition coefficient (Wildman–Crippen LogP) is 4.53. The van der Waals surface area contributed by atoms with Crippen molar-refractivity contribution in [1.82, 2.24) is 9.78 Å². The highest BCUT2D eigenvalue weighted by atomic mass is 16.5. The van der Waals surface area contributed by atoms with Gasteiger partial charge in [0.2, 0.25) is 5.91 Å². The zero-order valence-corrected chi connectivity index (χ0v) is 18.0. The molecule has 156 valence electrons. The molecule has 1 amide bonds. The smallest absolute Gasteiger partial charge is 0.248 e. The number of aromatic nitrogens is 2. The molecule has 0 spiro atoms. The van der Waals surface area contributed by atoms with Crippen LogP contribution in [0, 0.1) is 20.8 Å². The van der Waals surface area contributed by atoms with E-state index in [1.54, 1.807) is 26.4 Å². The molecule has 0 aliphatic heterocycles. The molecule has 30 heavy (non-hydrogen) atoms.